The van der Waals surface area contributed by atoms with Gasteiger partial charge < -0.3 is 0 Å². The third-order valence-corrected chi connectivity index (χ3v) is 4.74. The highest BCUT2D eigenvalue weighted by atomic mass is 32.2. The molecule has 0 amide bonds. The van der Waals surface area contributed by atoms with Gasteiger partial charge in [-0.25, -0.2) is 4.39 Å². The minimum absolute atomic E-state index is 0.0591. The molecule has 1 rings (SSSR count). The third-order valence-electron chi connectivity index (χ3n) is 2.75. The highest BCUT2D eigenvalue weighted by Gasteiger charge is 2.15. The number of hydrogen-bond donors (Lipinski definition) is 0. The van der Waals surface area contributed by atoms with Crippen molar-refractivity contribution < 1.29 is 8.60 Å². The highest BCUT2D eigenvalue weighted by Crippen LogP contribution is 2.15. The summed E-state index contributed by atoms with van der Waals surface area (Å²) in [5.41, 5.74) is 0.890. The van der Waals surface area contributed by atoms with Gasteiger partial charge in [0.2, 0.25) is 0 Å². The summed E-state index contributed by atoms with van der Waals surface area (Å²) in [7, 11) is -1.04. The normalized spacial score (nSPS) is 14.4. The van der Waals surface area contributed by atoms with Crippen molar-refractivity contribution in [1.82, 2.24) is 0 Å². The molecule has 0 aliphatic carbocycles. The predicted octanol–water partition coefficient (Wildman–Crippen LogP) is 2.99. The van der Waals surface area contributed by atoms with Crippen molar-refractivity contribution in [3.05, 3.63) is 35.1 Å². The first kappa shape index (κ1) is 13.9. The van der Waals surface area contributed by atoms with Gasteiger partial charge in [-0.05, 0) is 29.7 Å². The Hall–Kier alpha value is -1.21. The summed E-state index contributed by atoms with van der Waals surface area (Å²) in [5, 5.41) is 8.78. The summed E-state index contributed by atoms with van der Waals surface area (Å²) in [6.07, 6.45) is 0. The molecule has 0 spiro atoms. The van der Waals surface area contributed by atoms with E-state index < -0.39 is 16.6 Å². The summed E-state index contributed by atoms with van der Waals surface area (Å²) in [6.45, 7) is 5.94. The van der Waals surface area contributed by atoms with Crippen molar-refractivity contribution in [1.29, 1.82) is 5.26 Å². The molecule has 92 valence electrons. The molecule has 0 aliphatic heterocycles. The Morgan fingerprint density at radius 1 is 1.35 bits per heavy atom. The van der Waals surface area contributed by atoms with E-state index in [1.54, 1.807) is 6.07 Å². The van der Waals surface area contributed by atoms with E-state index in [-0.39, 0.29) is 10.8 Å². The van der Waals surface area contributed by atoms with Crippen molar-refractivity contribution in [3.8, 4) is 6.07 Å². The largest absolute Gasteiger partial charge is 0.259 e. The molecule has 17 heavy (non-hydrogen) atoms. The number of nitriles is 1. The van der Waals surface area contributed by atoms with Crippen molar-refractivity contribution >= 4 is 10.8 Å². The number of halogens is 1. The Morgan fingerprint density at radius 3 is 2.53 bits per heavy atom. The van der Waals surface area contributed by atoms with E-state index in [1.807, 2.05) is 26.8 Å². The average molecular weight is 253 g/mol. The number of hydrogen-bond acceptors (Lipinski definition) is 2. The maximum absolute atomic E-state index is 13.2. The molecule has 0 N–H and O–H groups in total. The van der Waals surface area contributed by atoms with Crippen molar-refractivity contribution in [2.45, 2.75) is 31.8 Å². The first-order valence-corrected chi connectivity index (χ1v) is 6.89. The fourth-order valence-corrected chi connectivity index (χ4v) is 2.76. The summed E-state index contributed by atoms with van der Waals surface area (Å²) in [6, 6.07) is 6.00. The lowest BCUT2D eigenvalue weighted by Crippen LogP contribution is -2.19. The Morgan fingerprint density at radius 2 is 2.00 bits per heavy atom. The van der Waals surface area contributed by atoms with Crippen LogP contribution in [0.5, 0.6) is 0 Å². The number of rotatable bonds is 4. The quantitative estimate of drug-likeness (QED) is 0.827. The Bertz CT molecular complexity index is 465. The van der Waals surface area contributed by atoms with Crippen LogP contribution in [0.3, 0.4) is 0 Å². The maximum atomic E-state index is 13.2. The minimum Gasteiger partial charge on any atom is -0.259 e. The van der Waals surface area contributed by atoms with E-state index in [2.05, 4.69) is 0 Å². The van der Waals surface area contributed by atoms with Gasteiger partial charge in [0.25, 0.3) is 0 Å². The second-order valence-electron chi connectivity index (χ2n) is 4.43. The van der Waals surface area contributed by atoms with Crippen LogP contribution in [0, 0.1) is 23.1 Å². The summed E-state index contributed by atoms with van der Waals surface area (Å²) in [5.74, 6) is 0.166. The molecule has 0 heterocycles. The van der Waals surface area contributed by atoms with Crippen LogP contribution in [0.4, 0.5) is 4.39 Å². The van der Waals surface area contributed by atoms with Crippen LogP contribution in [-0.4, -0.2) is 9.46 Å². The van der Waals surface area contributed by atoms with Crippen LogP contribution in [0.1, 0.15) is 31.9 Å². The fourth-order valence-electron chi connectivity index (χ4n) is 1.40. The topological polar surface area (TPSA) is 40.9 Å². The van der Waals surface area contributed by atoms with E-state index >= 15 is 0 Å². The second kappa shape index (κ2) is 5.92. The smallest absolute Gasteiger partial charge is 0.124 e. The first-order valence-electron chi connectivity index (χ1n) is 5.50. The lowest BCUT2D eigenvalue weighted by atomic mass is 10.1. The molecule has 0 saturated heterocycles. The summed E-state index contributed by atoms with van der Waals surface area (Å²) in [4.78, 5) is 0. The van der Waals surface area contributed by atoms with E-state index in [1.165, 1.54) is 12.1 Å². The molecule has 2 unspecified atom stereocenters. The minimum atomic E-state index is -1.04. The van der Waals surface area contributed by atoms with Gasteiger partial charge in [0.1, 0.15) is 5.82 Å². The molecule has 0 saturated carbocycles. The van der Waals surface area contributed by atoms with Crippen molar-refractivity contribution in [2.24, 2.45) is 5.92 Å². The Labute approximate surface area is 104 Å². The standard InChI is InChI=1S/C13H16FNOS/c1-9(2)10(3)17(16)8-12-4-11(7-15)5-13(14)6-12/h4-6,9-10H,8H2,1-3H3. The molecule has 0 fully saturated rings. The molecular weight excluding hydrogens is 237 g/mol. The van der Waals surface area contributed by atoms with Gasteiger partial charge in [-0.1, -0.05) is 20.8 Å². The van der Waals surface area contributed by atoms with Crippen LogP contribution in [0.25, 0.3) is 0 Å². The van der Waals surface area contributed by atoms with Gasteiger partial charge in [-0.3, -0.25) is 4.21 Å². The van der Waals surface area contributed by atoms with Crippen LogP contribution in [0.15, 0.2) is 18.2 Å². The molecule has 1 aromatic carbocycles. The molecular formula is C13H16FNOS. The number of nitrogens with zero attached hydrogens (tertiary/aromatic N) is 1. The molecule has 0 aliphatic rings. The van der Waals surface area contributed by atoms with E-state index in [4.69, 9.17) is 5.26 Å². The molecule has 4 heteroatoms. The van der Waals surface area contributed by atoms with Crippen molar-refractivity contribution in [2.75, 3.05) is 0 Å². The van der Waals surface area contributed by atoms with Crippen LogP contribution in [0.2, 0.25) is 0 Å². The zero-order valence-electron chi connectivity index (χ0n) is 10.2. The van der Waals surface area contributed by atoms with Gasteiger partial charge in [-0.2, -0.15) is 5.26 Å². The third kappa shape index (κ3) is 3.94. The van der Waals surface area contributed by atoms with E-state index in [9.17, 15) is 8.60 Å². The lowest BCUT2D eigenvalue weighted by molar-refractivity contribution is 0.604. The van der Waals surface area contributed by atoms with Gasteiger partial charge in [0, 0.05) is 21.8 Å². The summed E-state index contributed by atoms with van der Waals surface area (Å²) < 4.78 is 25.1. The summed E-state index contributed by atoms with van der Waals surface area (Å²) >= 11 is 0. The van der Waals surface area contributed by atoms with Crippen LogP contribution >= 0.6 is 0 Å². The van der Waals surface area contributed by atoms with Gasteiger partial charge in [0.15, 0.2) is 0 Å². The zero-order chi connectivity index (χ0) is 13.0. The molecule has 0 radical (unpaired) electrons. The highest BCUT2D eigenvalue weighted by molar-refractivity contribution is 7.84. The number of benzene rings is 1. The van der Waals surface area contributed by atoms with Crippen LogP contribution < -0.4 is 0 Å². The molecule has 0 aromatic heterocycles. The maximum Gasteiger partial charge on any atom is 0.124 e. The Balaban J connectivity index is 2.86. The monoisotopic (exact) mass is 253 g/mol. The zero-order valence-corrected chi connectivity index (χ0v) is 11.1. The second-order valence-corrected chi connectivity index (χ2v) is 6.23. The van der Waals surface area contributed by atoms with Gasteiger partial charge in [-0.15, -0.1) is 0 Å². The SMILES string of the molecule is CC(C)C(C)S(=O)Cc1cc(F)cc(C#N)c1. The van der Waals surface area contributed by atoms with E-state index in [0.717, 1.165) is 0 Å². The average Bonchev–Trinajstić information content (AvgIpc) is 2.26. The molecule has 1 aromatic rings. The van der Waals surface area contributed by atoms with Gasteiger partial charge >= 0.3 is 0 Å². The van der Waals surface area contributed by atoms with E-state index in [0.29, 0.717) is 17.2 Å². The van der Waals surface area contributed by atoms with Crippen molar-refractivity contribution in [3.63, 3.8) is 0 Å². The Kier molecular flexibility index (Phi) is 4.83. The molecule has 2 nitrogen and oxygen atoms in total. The lowest BCUT2D eigenvalue weighted by Gasteiger charge is -2.15. The van der Waals surface area contributed by atoms with Crippen LogP contribution in [-0.2, 0) is 16.6 Å². The molecule has 2 atom stereocenters. The molecule has 0 bridgehead atoms. The van der Waals surface area contributed by atoms with Gasteiger partial charge in [0.05, 0.1) is 11.6 Å². The first-order chi connectivity index (χ1) is 7.93. The predicted molar refractivity (Wildman–Crippen MR) is 67.3 cm³/mol. The fraction of sp³-hybridized carbons (Fsp3) is 0.462.